The third kappa shape index (κ3) is 3.63. The number of carbonyl (C=O) groups excluding carboxylic acids is 1. The van der Waals surface area contributed by atoms with Crippen molar-refractivity contribution in [1.29, 1.82) is 0 Å². The molecule has 19 heavy (non-hydrogen) atoms. The summed E-state index contributed by atoms with van der Waals surface area (Å²) in [5, 5.41) is 6.62. The Morgan fingerprint density at radius 1 is 1.11 bits per heavy atom. The minimum atomic E-state index is 0. The van der Waals surface area contributed by atoms with Gasteiger partial charge in [0.05, 0.1) is 0 Å². The zero-order chi connectivity index (χ0) is 12.4. The summed E-state index contributed by atoms with van der Waals surface area (Å²) in [5.74, 6) is 3.01. The van der Waals surface area contributed by atoms with Crippen LogP contribution in [0.1, 0.15) is 44.9 Å². The van der Waals surface area contributed by atoms with E-state index < -0.39 is 0 Å². The fourth-order valence-electron chi connectivity index (χ4n) is 4.07. The van der Waals surface area contributed by atoms with Crippen LogP contribution < -0.4 is 10.6 Å². The molecule has 3 rings (SSSR count). The lowest BCUT2D eigenvalue weighted by Gasteiger charge is -2.22. The summed E-state index contributed by atoms with van der Waals surface area (Å²) in [5.41, 5.74) is 0. The molecule has 1 aliphatic heterocycles. The van der Waals surface area contributed by atoms with Gasteiger partial charge in [-0.2, -0.15) is 0 Å². The number of carbonyl (C=O) groups is 1. The van der Waals surface area contributed by atoms with Crippen LogP contribution >= 0.6 is 12.4 Å². The lowest BCUT2D eigenvalue weighted by Crippen LogP contribution is -2.33. The van der Waals surface area contributed by atoms with Crippen LogP contribution in [0.2, 0.25) is 0 Å². The van der Waals surface area contributed by atoms with Crippen LogP contribution in [0.3, 0.4) is 0 Å². The van der Waals surface area contributed by atoms with Crippen molar-refractivity contribution in [2.75, 3.05) is 19.6 Å². The quantitative estimate of drug-likeness (QED) is 0.833. The Morgan fingerprint density at radius 2 is 1.84 bits per heavy atom. The molecule has 0 radical (unpaired) electrons. The lowest BCUT2D eigenvalue weighted by atomic mass is 9.96. The van der Waals surface area contributed by atoms with Crippen LogP contribution in [0.4, 0.5) is 0 Å². The van der Waals surface area contributed by atoms with E-state index in [9.17, 15) is 4.79 Å². The second kappa shape index (κ2) is 6.94. The number of nitrogens with one attached hydrogen (secondary N) is 2. The topological polar surface area (TPSA) is 41.1 Å². The zero-order valence-corrected chi connectivity index (χ0v) is 12.5. The molecule has 3 atom stereocenters. The van der Waals surface area contributed by atoms with Crippen LogP contribution in [-0.2, 0) is 4.79 Å². The first kappa shape index (κ1) is 15.1. The van der Waals surface area contributed by atoms with Crippen LogP contribution in [-0.4, -0.2) is 25.5 Å². The predicted molar refractivity (Wildman–Crippen MR) is 79.4 cm³/mol. The number of hydrogen-bond acceptors (Lipinski definition) is 2. The molecule has 2 saturated carbocycles. The number of hydrogen-bond donors (Lipinski definition) is 2. The van der Waals surface area contributed by atoms with Crippen LogP contribution in [0.5, 0.6) is 0 Å². The smallest absolute Gasteiger partial charge is 0.223 e. The maximum absolute atomic E-state index is 12.1. The van der Waals surface area contributed by atoms with E-state index in [1.54, 1.807) is 0 Å². The summed E-state index contributed by atoms with van der Waals surface area (Å²) in [6.45, 7) is 3.21. The molecule has 3 fully saturated rings. The van der Waals surface area contributed by atoms with Gasteiger partial charge in [-0.3, -0.25) is 4.79 Å². The van der Waals surface area contributed by atoms with Gasteiger partial charge in [0, 0.05) is 12.5 Å². The molecule has 0 aromatic carbocycles. The van der Waals surface area contributed by atoms with Gasteiger partial charge in [-0.1, -0.05) is 12.8 Å². The molecule has 0 aromatic heterocycles. The highest BCUT2D eigenvalue weighted by atomic mass is 35.5. The first-order valence-electron chi connectivity index (χ1n) is 7.84. The van der Waals surface area contributed by atoms with E-state index in [0.717, 1.165) is 37.3 Å². The zero-order valence-electron chi connectivity index (χ0n) is 11.7. The summed E-state index contributed by atoms with van der Waals surface area (Å²) in [4.78, 5) is 12.1. The minimum Gasteiger partial charge on any atom is -0.356 e. The van der Waals surface area contributed by atoms with Gasteiger partial charge < -0.3 is 10.6 Å². The normalized spacial score (nSPS) is 36.8. The molecule has 1 amide bonds. The molecule has 3 aliphatic rings. The van der Waals surface area contributed by atoms with Crippen molar-refractivity contribution in [2.24, 2.45) is 23.7 Å². The summed E-state index contributed by atoms with van der Waals surface area (Å²) in [6, 6.07) is 0. The average Bonchev–Trinajstić information content (AvgIpc) is 3.14. The number of halogens is 1. The van der Waals surface area contributed by atoms with Crippen molar-refractivity contribution in [1.82, 2.24) is 10.6 Å². The molecule has 2 aliphatic carbocycles. The van der Waals surface area contributed by atoms with Gasteiger partial charge in [-0.05, 0) is 62.9 Å². The van der Waals surface area contributed by atoms with Crippen molar-refractivity contribution < 1.29 is 4.79 Å². The highest BCUT2D eigenvalue weighted by Gasteiger charge is 2.54. The maximum Gasteiger partial charge on any atom is 0.223 e. The molecule has 2 N–H and O–H groups in total. The SMILES string of the molecule is Cl.O=C(NCCC1CCCNC1)C1C2CCCCC21. The fraction of sp³-hybridized carbons (Fsp3) is 0.933. The van der Waals surface area contributed by atoms with Gasteiger partial charge in [0.2, 0.25) is 5.91 Å². The van der Waals surface area contributed by atoms with Crippen LogP contribution in [0, 0.1) is 23.7 Å². The van der Waals surface area contributed by atoms with Crippen molar-refractivity contribution in [3.63, 3.8) is 0 Å². The summed E-state index contributed by atoms with van der Waals surface area (Å²) in [6.07, 6.45) is 9.08. The number of amides is 1. The van der Waals surface area contributed by atoms with Gasteiger partial charge in [0.25, 0.3) is 0 Å². The molecular formula is C15H27ClN2O. The van der Waals surface area contributed by atoms with Gasteiger partial charge in [-0.25, -0.2) is 0 Å². The van der Waals surface area contributed by atoms with E-state index in [2.05, 4.69) is 10.6 Å². The van der Waals surface area contributed by atoms with E-state index in [0.29, 0.717) is 11.8 Å². The van der Waals surface area contributed by atoms with Crippen molar-refractivity contribution >= 4 is 18.3 Å². The van der Waals surface area contributed by atoms with Crippen molar-refractivity contribution in [3.05, 3.63) is 0 Å². The Balaban J connectivity index is 0.00000133. The molecular weight excluding hydrogens is 260 g/mol. The van der Waals surface area contributed by atoms with Gasteiger partial charge in [0.15, 0.2) is 0 Å². The van der Waals surface area contributed by atoms with Crippen LogP contribution in [0.25, 0.3) is 0 Å². The standard InChI is InChI=1S/C15H26N2O.ClH/c18-15(14-12-5-1-2-6-13(12)14)17-9-7-11-4-3-8-16-10-11;/h11-14,16H,1-10H2,(H,17,18);1H. The van der Waals surface area contributed by atoms with E-state index >= 15 is 0 Å². The Hall–Kier alpha value is -0.280. The summed E-state index contributed by atoms with van der Waals surface area (Å²) < 4.78 is 0. The minimum absolute atomic E-state index is 0. The van der Waals surface area contributed by atoms with Gasteiger partial charge in [-0.15, -0.1) is 12.4 Å². The lowest BCUT2D eigenvalue weighted by molar-refractivity contribution is -0.122. The first-order valence-corrected chi connectivity index (χ1v) is 7.84. The molecule has 0 spiro atoms. The molecule has 1 saturated heterocycles. The largest absolute Gasteiger partial charge is 0.356 e. The van der Waals surface area contributed by atoms with Crippen molar-refractivity contribution in [2.45, 2.75) is 44.9 Å². The maximum atomic E-state index is 12.1. The van der Waals surface area contributed by atoms with Gasteiger partial charge in [0.1, 0.15) is 0 Å². The fourth-order valence-corrected chi connectivity index (χ4v) is 4.07. The molecule has 0 bridgehead atoms. The third-order valence-electron chi connectivity index (χ3n) is 5.21. The van der Waals surface area contributed by atoms with E-state index in [1.807, 2.05) is 0 Å². The molecule has 3 nitrogen and oxygen atoms in total. The third-order valence-corrected chi connectivity index (χ3v) is 5.21. The Bertz CT molecular complexity index is 293. The second-order valence-corrected chi connectivity index (χ2v) is 6.43. The molecule has 3 unspecified atom stereocenters. The number of rotatable bonds is 4. The Kier molecular flexibility index (Phi) is 5.52. The monoisotopic (exact) mass is 286 g/mol. The molecule has 110 valence electrons. The molecule has 0 aromatic rings. The molecule has 4 heteroatoms. The first-order chi connectivity index (χ1) is 8.86. The highest BCUT2D eigenvalue weighted by molar-refractivity contribution is 5.85. The van der Waals surface area contributed by atoms with Crippen molar-refractivity contribution in [3.8, 4) is 0 Å². The molecule has 1 heterocycles. The average molecular weight is 287 g/mol. The Morgan fingerprint density at radius 3 is 2.47 bits per heavy atom. The van der Waals surface area contributed by atoms with Gasteiger partial charge >= 0.3 is 0 Å². The van der Waals surface area contributed by atoms with Crippen LogP contribution in [0.15, 0.2) is 0 Å². The highest BCUT2D eigenvalue weighted by Crippen LogP contribution is 2.55. The summed E-state index contributed by atoms with van der Waals surface area (Å²) in [7, 11) is 0. The Labute approximate surface area is 122 Å². The van der Waals surface area contributed by atoms with E-state index in [1.165, 1.54) is 45.1 Å². The number of piperidine rings is 1. The predicted octanol–water partition coefficient (Wildman–Crippen LogP) is 2.35. The second-order valence-electron chi connectivity index (χ2n) is 6.43. The van der Waals surface area contributed by atoms with E-state index in [4.69, 9.17) is 0 Å². The van der Waals surface area contributed by atoms with E-state index in [-0.39, 0.29) is 12.4 Å². The number of fused-ring (bicyclic) bond motifs is 1. The summed E-state index contributed by atoms with van der Waals surface area (Å²) >= 11 is 0.